The fraction of sp³-hybridized carbons (Fsp3) is 0.571. The number of para-hydroxylation sites is 1. The number of methoxy groups -OCH3 is 1. The molecular formula is C14H22O4. The molecule has 4 nitrogen and oxygen atoms in total. The molecule has 0 saturated carbocycles. The minimum absolute atomic E-state index is 0.0381. The van der Waals surface area contributed by atoms with Crippen molar-refractivity contribution < 1.29 is 19.3 Å². The van der Waals surface area contributed by atoms with Crippen LogP contribution in [0.5, 0.6) is 5.75 Å². The largest absolute Gasteiger partial charge is 0.493 e. The van der Waals surface area contributed by atoms with Gasteiger partial charge in [-0.3, -0.25) is 0 Å². The van der Waals surface area contributed by atoms with Crippen molar-refractivity contribution >= 4 is 0 Å². The van der Waals surface area contributed by atoms with Gasteiger partial charge in [-0.2, -0.15) is 0 Å². The molecule has 1 N–H and O–H groups in total. The topological polar surface area (TPSA) is 47.9 Å². The second-order valence-corrected chi connectivity index (χ2v) is 4.09. The summed E-state index contributed by atoms with van der Waals surface area (Å²) in [6, 6.07) is 7.45. The second kappa shape index (κ2) is 8.08. The van der Waals surface area contributed by atoms with Crippen LogP contribution in [0.1, 0.15) is 25.5 Å². The van der Waals surface area contributed by atoms with E-state index in [-0.39, 0.29) is 12.7 Å². The minimum Gasteiger partial charge on any atom is -0.493 e. The predicted molar refractivity (Wildman–Crippen MR) is 69.9 cm³/mol. The highest BCUT2D eigenvalue weighted by molar-refractivity contribution is 5.35. The van der Waals surface area contributed by atoms with Gasteiger partial charge in [-0.25, -0.2) is 0 Å². The average Bonchev–Trinajstić information content (AvgIpc) is 2.37. The number of benzene rings is 1. The van der Waals surface area contributed by atoms with Crippen LogP contribution in [0, 0.1) is 0 Å². The van der Waals surface area contributed by atoms with Crippen LogP contribution in [0.3, 0.4) is 0 Å². The van der Waals surface area contributed by atoms with Crippen molar-refractivity contribution in [2.24, 2.45) is 0 Å². The molecule has 18 heavy (non-hydrogen) atoms. The highest BCUT2D eigenvalue weighted by Gasteiger charge is 2.14. The third-order valence-corrected chi connectivity index (χ3v) is 2.52. The van der Waals surface area contributed by atoms with Crippen molar-refractivity contribution in [2.45, 2.75) is 26.1 Å². The van der Waals surface area contributed by atoms with Gasteiger partial charge in [0.2, 0.25) is 0 Å². The zero-order chi connectivity index (χ0) is 13.4. The van der Waals surface area contributed by atoms with Crippen LogP contribution in [0.15, 0.2) is 24.3 Å². The van der Waals surface area contributed by atoms with Crippen LogP contribution in [-0.4, -0.2) is 38.1 Å². The molecule has 0 aliphatic rings. The zero-order valence-electron chi connectivity index (χ0n) is 11.3. The molecule has 2 unspecified atom stereocenters. The molecule has 2 atom stereocenters. The monoisotopic (exact) mass is 254 g/mol. The highest BCUT2D eigenvalue weighted by Crippen LogP contribution is 2.25. The van der Waals surface area contributed by atoms with E-state index in [1.54, 1.807) is 7.11 Å². The van der Waals surface area contributed by atoms with E-state index in [0.717, 1.165) is 5.56 Å². The van der Waals surface area contributed by atoms with Gasteiger partial charge in [-0.05, 0) is 19.9 Å². The van der Waals surface area contributed by atoms with Gasteiger partial charge < -0.3 is 19.3 Å². The van der Waals surface area contributed by atoms with Gasteiger partial charge in [0.25, 0.3) is 0 Å². The molecule has 1 rings (SSSR count). The third kappa shape index (κ3) is 4.64. The van der Waals surface area contributed by atoms with Crippen molar-refractivity contribution in [2.75, 3.05) is 26.9 Å². The van der Waals surface area contributed by atoms with E-state index < -0.39 is 6.10 Å². The lowest BCUT2D eigenvalue weighted by Crippen LogP contribution is -2.19. The van der Waals surface area contributed by atoms with Gasteiger partial charge in [0.15, 0.2) is 0 Å². The Morgan fingerprint density at radius 1 is 1.22 bits per heavy atom. The Hall–Kier alpha value is -1.10. The van der Waals surface area contributed by atoms with Crippen LogP contribution in [0.4, 0.5) is 0 Å². The fourth-order valence-electron chi connectivity index (χ4n) is 1.67. The van der Waals surface area contributed by atoms with E-state index >= 15 is 0 Å². The smallest absolute Gasteiger partial charge is 0.125 e. The summed E-state index contributed by atoms with van der Waals surface area (Å²) in [6.07, 6.45) is -0.726. The fourth-order valence-corrected chi connectivity index (χ4v) is 1.67. The van der Waals surface area contributed by atoms with Crippen molar-refractivity contribution in [3.63, 3.8) is 0 Å². The third-order valence-electron chi connectivity index (χ3n) is 2.52. The van der Waals surface area contributed by atoms with E-state index in [0.29, 0.717) is 19.0 Å². The Morgan fingerprint density at radius 3 is 2.61 bits per heavy atom. The lowest BCUT2D eigenvalue weighted by atomic mass is 10.1. The first kappa shape index (κ1) is 15.0. The van der Waals surface area contributed by atoms with E-state index in [9.17, 15) is 5.11 Å². The van der Waals surface area contributed by atoms with Crippen LogP contribution in [-0.2, 0) is 9.47 Å². The molecule has 0 aromatic heterocycles. The van der Waals surface area contributed by atoms with Crippen LogP contribution in [0.2, 0.25) is 0 Å². The van der Waals surface area contributed by atoms with Gasteiger partial charge in [0, 0.05) is 12.7 Å². The summed E-state index contributed by atoms with van der Waals surface area (Å²) in [5.41, 5.74) is 0.754. The van der Waals surface area contributed by atoms with Gasteiger partial charge in [0.05, 0.1) is 25.9 Å². The number of hydrogen-bond acceptors (Lipinski definition) is 4. The number of rotatable bonds is 8. The standard InChI is InChI=1S/C14H22O4/c1-4-17-14-8-6-5-7-12(14)13(15)10-18-11(2)9-16-3/h5-8,11,13,15H,4,9-10H2,1-3H3. The molecule has 1 aromatic carbocycles. The summed E-state index contributed by atoms with van der Waals surface area (Å²) in [4.78, 5) is 0. The van der Waals surface area contributed by atoms with Crippen LogP contribution in [0.25, 0.3) is 0 Å². The Kier molecular flexibility index (Phi) is 6.72. The predicted octanol–water partition coefficient (Wildman–Crippen LogP) is 2.17. The van der Waals surface area contributed by atoms with Gasteiger partial charge >= 0.3 is 0 Å². The summed E-state index contributed by atoms with van der Waals surface area (Å²) >= 11 is 0. The Balaban J connectivity index is 2.57. The van der Waals surface area contributed by atoms with Crippen LogP contribution < -0.4 is 4.74 Å². The van der Waals surface area contributed by atoms with Gasteiger partial charge in [0.1, 0.15) is 11.9 Å². The molecule has 4 heteroatoms. The second-order valence-electron chi connectivity index (χ2n) is 4.09. The van der Waals surface area contributed by atoms with Crippen molar-refractivity contribution in [3.8, 4) is 5.75 Å². The molecule has 0 saturated heterocycles. The first-order valence-corrected chi connectivity index (χ1v) is 6.19. The van der Waals surface area contributed by atoms with Gasteiger partial charge in [-0.1, -0.05) is 18.2 Å². The molecule has 0 heterocycles. The summed E-state index contributed by atoms with van der Waals surface area (Å²) in [5.74, 6) is 0.704. The van der Waals surface area contributed by atoms with E-state index in [2.05, 4.69) is 0 Å². The Morgan fingerprint density at radius 2 is 1.94 bits per heavy atom. The zero-order valence-corrected chi connectivity index (χ0v) is 11.3. The molecule has 0 radical (unpaired) electrons. The lowest BCUT2D eigenvalue weighted by molar-refractivity contribution is -0.0331. The molecular weight excluding hydrogens is 232 g/mol. The van der Waals surface area contributed by atoms with E-state index in [1.165, 1.54) is 0 Å². The summed E-state index contributed by atoms with van der Waals surface area (Å²) in [6.45, 7) is 5.14. The van der Waals surface area contributed by atoms with Crippen LogP contribution >= 0.6 is 0 Å². The molecule has 1 aromatic rings. The molecule has 0 aliphatic carbocycles. The first-order valence-electron chi connectivity index (χ1n) is 6.19. The van der Waals surface area contributed by atoms with E-state index in [1.807, 2.05) is 38.1 Å². The SMILES string of the molecule is CCOc1ccccc1C(O)COC(C)COC. The number of aliphatic hydroxyl groups excluding tert-OH is 1. The summed E-state index contributed by atoms with van der Waals surface area (Å²) in [5, 5.41) is 10.1. The first-order chi connectivity index (χ1) is 8.69. The number of ether oxygens (including phenoxy) is 3. The quantitative estimate of drug-likeness (QED) is 0.772. The molecule has 102 valence electrons. The van der Waals surface area contributed by atoms with Crippen molar-refractivity contribution in [1.29, 1.82) is 0 Å². The van der Waals surface area contributed by atoms with Crippen molar-refractivity contribution in [3.05, 3.63) is 29.8 Å². The molecule has 0 bridgehead atoms. The molecule has 0 amide bonds. The average molecular weight is 254 g/mol. The molecule has 0 aliphatic heterocycles. The minimum atomic E-state index is -0.688. The summed E-state index contributed by atoms with van der Waals surface area (Å²) < 4.78 is 15.9. The maximum atomic E-state index is 10.1. The highest BCUT2D eigenvalue weighted by atomic mass is 16.5. The number of aliphatic hydroxyl groups is 1. The van der Waals surface area contributed by atoms with Crippen molar-refractivity contribution in [1.82, 2.24) is 0 Å². The number of hydrogen-bond donors (Lipinski definition) is 1. The summed E-state index contributed by atoms with van der Waals surface area (Å²) in [7, 11) is 1.63. The molecule has 0 spiro atoms. The normalized spacial score (nSPS) is 14.2. The Bertz CT molecular complexity index is 340. The Labute approximate surface area is 108 Å². The lowest BCUT2D eigenvalue weighted by Gasteiger charge is -2.18. The maximum absolute atomic E-state index is 10.1. The van der Waals surface area contributed by atoms with Gasteiger partial charge in [-0.15, -0.1) is 0 Å². The maximum Gasteiger partial charge on any atom is 0.125 e. The van der Waals surface area contributed by atoms with E-state index in [4.69, 9.17) is 14.2 Å². The molecule has 0 fully saturated rings.